The summed E-state index contributed by atoms with van der Waals surface area (Å²) in [4.78, 5) is 0. The first kappa shape index (κ1) is 18.9. The average Bonchev–Trinajstić information content (AvgIpc) is 2.48. The van der Waals surface area contributed by atoms with Gasteiger partial charge in [0.05, 0.1) is 0 Å². The van der Waals surface area contributed by atoms with Crippen molar-refractivity contribution >= 4 is 10.2 Å². The van der Waals surface area contributed by atoms with Crippen molar-refractivity contribution in [3.05, 3.63) is 0 Å². The Morgan fingerprint density at radius 1 is 1.10 bits per heavy atom. The maximum Gasteiger partial charge on any atom is 0.281 e. The number of unbranched alkanes of at least 4 members (excludes halogenated alkanes) is 2. The Kier molecular flexibility index (Phi) is 8.78. The van der Waals surface area contributed by atoms with E-state index in [0.29, 0.717) is 32.1 Å². The van der Waals surface area contributed by atoms with Crippen LogP contribution in [0.5, 0.6) is 0 Å². The van der Waals surface area contributed by atoms with Crippen molar-refractivity contribution in [1.82, 2.24) is 13.9 Å². The zero-order chi connectivity index (χ0) is 15.7. The van der Waals surface area contributed by atoms with Crippen LogP contribution in [0.25, 0.3) is 0 Å². The first-order valence-electron chi connectivity index (χ1n) is 8.46. The minimum absolute atomic E-state index is 0.612. The van der Waals surface area contributed by atoms with Gasteiger partial charge < -0.3 is 5.32 Å². The summed E-state index contributed by atoms with van der Waals surface area (Å²) in [5, 5.41) is 3.19. The molecule has 1 fully saturated rings. The van der Waals surface area contributed by atoms with E-state index in [9.17, 15) is 8.42 Å². The van der Waals surface area contributed by atoms with Crippen LogP contribution in [0.15, 0.2) is 0 Å². The van der Waals surface area contributed by atoms with E-state index in [1.165, 1.54) is 0 Å². The molecule has 0 amide bonds. The third kappa shape index (κ3) is 5.85. The molecule has 0 saturated carbocycles. The Labute approximate surface area is 131 Å². The van der Waals surface area contributed by atoms with Crippen LogP contribution in [-0.2, 0) is 10.2 Å². The second kappa shape index (κ2) is 9.77. The quantitative estimate of drug-likeness (QED) is 0.670. The number of nitrogens with zero attached hydrogens (tertiary/aromatic N) is 2. The zero-order valence-electron chi connectivity index (χ0n) is 14.0. The van der Waals surface area contributed by atoms with Gasteiger partial charge in [0.15, 0.2) is 0 Å². The van der Waals surface area contributed by atoms with E-state index in [1.54, 1.807) is 8.61 Å². The Bertz CT molecular complexity index is 357. The maximum absolute atomic E-state index is 12.8. The molecule has 0 aromatic carbocycles. The highest BCUT2D eigenvalue weighted by molar-refractivity contribution is 7.86. The molecule has 0 aliphatic carbocycles. The highest BCUT2D eigenvalue weighted by Crippen LogP contribution is 2.21. The lowest BCUT2D eigenvalue weighted by Gasteiger charge is -2.35. The van der Waals surface area contributed by atoms with E-state index in [0.717, 1.165) is 45.1 Å². The molecule has 0 unspecified atom stereocenters. The highest BCUT2D eigenvalue weighted by atomic mass is 32.2. The number of rotatable bonds is 10. The van der Waals surface area contributed by atoms with Crippen molar-refractivity contribution in [3.8, 4) is 0 Å². The first-order valence-corrected chi connectivity index (χ1v) is 9.85. The molecule has 1 aliphatic heterocycles. The van der Waals surface area contributed by atoms with Gasteiger partial charge in [0, 0.05) is 26.2 Å². The summed E-state index contributed by atoms with van der Waals surface area (Å²) in [5.74, 6) is 0.612. The molecule has 0 atom stereocenters. The molecule has 6 heteroatoms. The molecule has 0 spiro atoms. The molecule has 0 aromatic rings. The van der Waals surface area contributed by atoms with Gasteiger partial charge in [-0.25, -0.2) is 0 Å². The predicted octanol–water partition coefficient (Wildman–Crippen LogP) is 2.06. The molecule has 0 bridgehead atoms. The molecular formula is C15H33N3O2S. The van der Waals surface area contributed by atoms with Gasteiger partial charge in [-0.1, -0.05) is 26.7 Å². The summed E-state index contributed by atoms with van der Waals surface area (Å²) in [6.07, 6.45) is 5.88. The van der Waals surface area contributed by atoms with E-state index >= 15 is 0 Å². The van der Waals surface area contributed by atoms with Crippen molar-refractivity contribution in [2.45, 2.75) is 52.4 Å². The van der Waals surface area contributed by atoms with Crippen molar-refractivity contribution in [2.24, 2.45) is 5.92 Å². The summed E-state index contributed by atoms with van der Waals surface area (Å²) >= 11 is 0. The molecule has 1 heterocycles. The van der Waals surface area contributed by atoms with E-state index in [2.05, 4.69) is 19.2 Å². The minimum Gasteiger partial charge on any atom is -0.319 e. The van der Waals surface area contributed by atoms with Crippen LogP contribution in [0, 0.1) is 5.92 Å². The topological polar surface area (TPSA) is 52.7 Å². The van der Waals surface area contributed by atoms with E-state index in [1.807, 2.05) is 7.05 Å². The lowest BCUT2D eigenvalue weighted by Crippen LogP contribution is -2.48. The monoisotopic (exact) mass is 319 g/mol. The molecule has 1 rings (SSSR count). The molecule has 126 valence electrons. The predicted molar refractivity (Wildman–Crippen MR) is 88.5 cm³/mol. The molecule has 0 aromatic heterocycles. The van der Waals surface area contributed by atoms with Gasteiger partial charge >= 0.3 is 0 Å². The van der Waals surface area contributed by atoms with Crippen molar-refractivity contribution in [1.29, 1.82) is 0 Å². The lowest BCUT2D eigenvalue weighted by molar-refractivity contribution is 0.250. The van der Waals surface area contributed by atoms with Gasteiger partial charge in [-0.15, -0.1) is 0 Å². The van der Waals surface area contributed by atoms with Crippen LogP contribution in [0.1, 0.15) is 52.4 Å². The SMILES string of the molecule is CCCCN(CCCC)S(=O)(=O)N1CCC(CNC)CC1. The summed E-state index contributed by atoms with van der Waals surface area (Å²) < 4.78 is 29.0. The normalized spacial score (nSPS) is 18.5. The third-order valence-electron chi connectivity index (χ3n) is 4.24. The fourth-order valence-electron chi connectivity index (χ4n) is 2.81. The molecule has 1 aliphatic rings. The maximum atomic E-state index is 12.8. The summed E-state index contributed by atoms with van der Waals surface area (Å²) in [6.45, 7) is 7.86. The number of hydrogen-bond acceptors (Lipinski definition) is 3. The van der Waals surface area contributed by atoms with E-state index in [-0.39, 0.29) is 0 Å². The Balaban J connectivity index is 2.63. The van der Waals surface area contributed by atoms with Crippen LogP contribution in [0.3, 0.4) is 0 Å². The van der Waals surface area contributed by atoms with Crippen LogP contribution >= 0.6 is 0 Å². The van der Waals surface area contributed by atoms with E-state index < -0.39 is 10.2 Å². The third-order valence-corrected chi connectivity index (χ3v) is 6.28. The second-order valence-electron chi connectivity index (χ2n) is 6.01. The first-order chi connectivity index (χ1) is 10.1. The van der Waals surface area contributed by atoms with Crippen molar-refractivity contribution < 1.29 is 8.42 Å². The number of nitrogens with one attached hydrogen (secondary N) is 1. The van der Waals surface area contributed by atoms with Crippen molar-refractivity contribution in [3.63, 3.8) is 0 Å². The van der Waals surface area contributed by atoms with Gasteiger partial charge in [-0.2, -0.15) is 17.0 Å². The lowest BCUT2D eigenvalue weighted by atomic mass is 9.98. The largest absolute Gasteiger partial charge is 0.319 e. The number of hydrogen-bond donors (Lipinski definition) is 1. The molecular weight excluding hydrogens is 286 g/mol. The molecule has 0 radical (unpaired) electrons. The van der Waals surface area contributed by atoms with Crippen LogP contribution in [0.4, 0.5) is 0 Å². The Morgan fingerprint density at radius 2 is 1.62 bits per heavy atom. The van der Waals surface area contributed by atoms with Gasteiger partial charge in [-0.3, -0.25) is 0 Å². The van der Waals surface area contributed by atoms with Crippen molar-refractivity contribution in [2.75, 3.05) is 39.8 Å². The molecule has 5 nitrogen and oxygen atoms in total. The van der Waals surface area contributed by atoms with Gasteiger partial charge in [-0.05, 0) is 45.2 Å². The second-order valence-corrected chi connectivity index (χ2v) is 7.94. The Hall–Kier alpha value is -0.170. The molecule has 1 N–H and O–H groups in total. The fraction of sp³-hybridized carbons (Fsp3) is 1.00. The number of piperidine rings is 1. The standard InChI is InChI=1S/C15H33N3O2S/c1-4-6-10-17(11-7-5-2)21(19,20)18-12-8-15(9-13-18)14-16-3/h15-16H,4-14H2,1-3H3. The summed E-state index contributed by atoms with van der Waals surface area (Å²) in [6, 6.07) is 0. The zero-order valence-corrected chi connectivity index (χ0v) is 14.8. The summed E-state index contributed by atoms with van der Waals surface area (Å²) in [5.41, 5.74) is 0. The Morgan fingerprint density at radius 3 is 2.05 bits per heavy atom. The van der Waals surface area contributed by atoms with Crippen LogP contribution in [-0.4, -0.2) is 56.8 Å². The van der Waals surface area contributed by atoms with Crippen LogP contribution in [0.2, 0.25) is 0 Å². The summed E-state index contributed by atoms with van der Waals surface area (Å²) in [7, 11) is -1.30. The highest BCUT2D eigenvalue weighted by Gasteiger charge is 2.32. The van der Waals surface area contributed by atoms with Crippen LogP contribution < -0.4 is 5.32 Å². The van der Waals surface area contributed by atoms with Gasteiger partial charge in [0.2, 0.25) is 0 Å². The van der Waals surface area contributed by atoms with Gasteiger partial charge in [0.25, 0.3) is 10.2 Å². The smallest absolute Gasteiger partial charge is 0.281 e. The minimum atomic E-state index is -3.26. The molecule has 21 heavy (non-hydrogen) atoms. The average molecular weight is 320 g/mol. The van der Waals surface area contributed by atoms with Gasteiger partial charge in [0.1, 0.15) is 0 Å². The fourth-order valence-corrected chi connectivity index (χ4v) is 4.53. The van der Waals surface area contributed by atoms with E-state index in [4.69, 9.17) is 0 Å². The molecule has 1 saturated heterocycles.